The molecule has 1 rings (SSSR count). The highest BCUT2D eigenvalue weighted by Gasteiger charge is 2.18. The fourth-order valence-corrected chi connectivity index (χ4v) is 2.12. The molecule has 114 valence electrons. The number of rotatable bonds is 6. The zero-order valence-corrected chi connectivity index (χ0v) is 15.0. The first kappa shape index (κ1) is 19.0. The summed E-state index contributed by atoms with van der Waals surface area (Å²) in [7, 11) is 0. The summed E-state index contributed by atoms with van der Waals surface area (Å²) in [5.74, 6) is 0.682. The van der Waals surface area contributed by atoms with Gasteiger partial charge in [0.05, 0.1) is 13.2 Å². The number of nitrogens with two attached hydrogens (primary N) is 1. The molecule has 1 aliphatic rings. The molecule has 0 aromatic carbocycles. The number of halogens is 1. The van der Waals surface area contributed by atoms with E-state index in [4.69, 9.17) is 10.5 Å². The molecule has 0 atom stereocenters. The Labute approximate surface area is 135 Å². The van der Waals surface area contributed by atoms with Gasteiger partial charge in [0.1, 0.15) is 0 Å². The molecule has 0 aromatic heterocycles. The van der Waals surface area contributed by atoms with Crippen LogP contribution in [0.2, 0.25) is 0 Å². The van der Waals surface area contributed by atoms with Gasteiger partial charge < -0.3 is 15.4 Å². The Morgan fingerprint density at radius 1 is 1.26 bits per heavy atom. The van der Waals surface area contributed by atoms with Crippen molar-refractivity contribution < 1.29 is 4.74 Å². The second-order valence-corrected chi connectivity index (χ2v) is 5.90. The molecule has 2 N–H and O–H groups in total. The number of nitrogens with zero attached hydrogens (tertiary/aromatic N) is 2. The molecule has 1 heterocycles. The first-order valence-electron chi connectivity index (χ1n) is 7.18. The van der Waals surface area contributed by atoms with Crippen LogP contribution in [0.15, 0.2) is 4.99 Å². The first-order chi connectivity index (χ1) is 8.55. The molecule has 19 heavy (non-hydrogen) atoms. The van der Waals surface area contributed by atoms with Gasteiger partial charge in [0.2, 0.25) is 0 Å². The SMILES string of the molecule is CCCCCC(C)(C)CN=C(N)N1CCOCC1.I. The van der Waals surface area contributed by atoms with E-state index in [2.05, 4.69) is 30.7 Å². The Morgan fingerprint density at radius 2 is 1.89 bits per heavy atom. The average molecular weight is 383 g/mol. The number of ether oxygens (including phenoxy) is 1. The minimum absolute atomic E-state index is 0. The van der Waals surface area contributed by atoms with E-state index in [-0.39, 0.29) is 29.4 Å². The number of morpholine rings is 1. The average Bonchev–Trinajstić information content (AvgIpc) is 2.37. The van der Waals surface area contributed by atoms with Gasteiger partial charge in [-0.05, 0) is 11.8 Å². The van der Waals surface area contributed by atoms with Crippen molar-refractivity contribution in [2.45, 2.75) is 46.5 Å². The molecule has 0 spiro atoms. The Morgan fingerprint density at radius 3 is 2.47 bits per heavy atom. The Hall–Kier alpha value is -0.0400. The van der Waals surface area contributed by atoms with Crippen molar-refractivity contribution in [2.75, 3.05) is 32.8 Å². The lowest BCUT2D eigenvalue weighted by molar-refractivity contribution is 0.0673. The summed E-state index contributed by atoms with van der Waals surface area (Å²) < 4.78 is 5.31. The summed E-state index contributed by atoms with van der Waals surface area (Å²) in [4.78, 5) is 6.68. The first-order valence-corrected chi connectivity index (χ1v) is 7.18. The molecule has 1 fully saturated rings. The van der Waals surface area contributed by atoms with Gasteiger partial charge in [-0.3, -0.25) is 4.99 Å². The predicted octanol–water partition coefficient (Wildman–Crippen LogP) is 2.86. The smallest absolute Gasteiger partial charge is 0.191 e. The summed E-state index contributed by atoms with van der Waals surface area (Å²) in [5, 5.41) is 0. The molecule has 0 amide bonds. The number of hydrogen-bond donors (Lipinski definition) is 1. The van der Waals surface area contributed by atoms with Crippen molar-refractivity contribution in [3.63, 3.8) is 0 Å². The highest BCUT2D eigenvalue weighted by Crippen LogP contribution is 2.24. The molecule has 0 aliphatic carbocycles. The summed E-state index contributed by atoms with van der Waals surface area (Å²) in [6.07, 6.45) is 5.10. The molecule has 1 saturated heterocycles. The molecule has 1 aliphatic heterocycles. The third-order valence-corrected chi connectivity index (χ3v) is 3.46. The van der Waals surface area contributed by atoms with Gasteiger partial charge in [-0.2, -0.15) is 0 Å². The molecule has 0 aromatic rings. The number of aliphatic imine (C=N–C) groups is 1. The van der Waals surface area contributed by atoms with Crippen LogP contribution in [0.1, 0.15) is 46.5 Å². The van der Waals surface area contributed by atoms with Gasteiger partial charge in [0.15, 0.2) is 5.96 Å². The number of unbranched alkanes of at least 4 members (excludes halogenated alkanes) is 2. The van der Waals surface area contributed by atoms with E-state index in [1.54, 1.807) is 0 Å². The van der Waals surface area contributed by atoms with E-state index in [0.717, 1.165) is 32.8 Å². The number of hydrogen-bond acceptors (Lipinski definition) is 2. The van der Waals surface area contributed by atoms with Crippen molar-refractivity contribution in [3.8, 4) is 0 Å². The molecule has 5 heteroatoms. The molecular weight excluding hydrogens is 353 g/mol. The summed E-state index contributed by atoms with van der Waals surface area (Å²) in [6, 6.07) is 0. The van der Waals surface area contributed by atoms with E-state index in [9.17, 15) is 0 Å². The molecule has 0 unspecified atom stereocenters. The van der Waals surface area contributed by atoms with E-state index < -0.39 is 0 Å². The van der Waals surface area contributed by atoms with Gasteiger partial charge in [-0.1, -0.05) is 40.0 Å². The fraction of sp³-hybridized carbons (Fsp3) is 0.929. The minimum atomic E-state index is 0. The lowest BCUT2D eigenvalue weighted by atomic mass is 9.87. The summed E-state index contributed by atoms with van der Waals surface area (Å²) >= 11 is 0. The molecule has 0 radical (unpaired) electrons. The van der Waals surface area contributed by atoms with Crippen LogP contribution < -0.4 is 5.73 Å². The second kappa shape index (κ2) is 9.80. The maximum Gasteiger partial charge on any atom is 0.191 e. The van der Waals surface area contributed by atoms with E-state index in [1.165, 1.54) is 25.7 Å². The Balaban J connectivity index is 0.00000324. The summed E-state index contributed by atoms with van der Waals surface area (Å²) in [6.45, 7) is 10.9. The van der Waals surface area contributed by atoms with Gasteiger partial charge in [-0.25, -0.2) is 0 Å². The van der Waals surface area contributed by atoms with Crippen LogP contribution >= 0.6 is 24.0 Å². The van der Waals surface area contributed by atoms with Gasteiger partial charge in [0.25, 0.3) is 0 Å². The van der Waals surface area contributed by atoms with Crippen molar-refractivity contribution in [2.24, 2.45) is 16.1 Å². The van der Waals surface area contributed by atoms with Crippen molar-refractivity contribution in [3.05, 3.63) is 0 Å². The fourth-order valence-electron chi connectivity index (χ4n) is 2.12. The third-order valence-electron chi connectivity index (χ3n) is 3.46. The maximum atomic E-state index is 6.03. The number of guanidine groups is 1. The quantitative estimate of drug-likeness (QED) is 0.332. The Kier molecular flexibility index (Phi) is 9.78. The topological polar surface area (TPSA) is 50.8 Å². The van der Waals surface area contributed by atoms with Crippen molar-refractivity contribution >= 4 is 29.9 Å². The van der Waals surface area contributed by atoms with Crippen LogP contribution in [0.3, 0.4) is 0 Å². The molecule has 0 bridgehead atoms. The summed E-state index contributed by atoms with van der Waals surface area (Å²) in [5.41, 5.74) is 6.29. The standard InChI is InChI=1S/C14H29N3O.HI/c1-4-5-6-7-14(2,3)12-16-13(15)17-8-10-18-11-9-17;/h4-12H2,1-3H3,(H2,15,16);1H. The molecular formula is C14H30IN3O. The predicted molar refractivity (Wildman–Crippen MR) is 92.2 cm³/mol. The highest BCUT2D eigenvalue weighted by molar-refractivity contribution is 14.0. The van der Waals surface area contributed by atoms with Crippen molar-refractivity contribution in [1.82, 2.24) is 4.90 Å². The van der Waals surface area contributed by atoms with Crippen LogP contribution in [0.4, 0.5) is 0 Å². The Bertz CT molecular complexity index is 263. The zero-order valence-electron chi connectivity index (χ0n) is 12.7. The maximum absolute atomic E-state index is 6.03. The zero-order chi connectivity index (χ0) is 13.4. The molecule has 4 nitrogen and oxygen atoms in total. The van der Waals surface area contributed by atoms with E-state index in [0.29, 0.717) is 5.96 Å². The van der Waals surface area contributed by atoms with E-state index in [1.807, 2.05) is 0 Å². The minimum Gasteiger partial charge on any atom is -0.378 e. The lowest BCUT2D eigenvalue weighted by Gasteiger charge is -2.29. The van der Waals surface area contributed by atoms with Gasteiger partial charge in [-0.15, -0.1) is 24.0 Å². The highest BCUT2D eigenvalue weighted by atomic mass is 127. The van der Waals surface area contributed by atoms with Crippen LogP contribution in [-0.2, 0) is 4.74 Å². The van der Waals surface area contributed by atoms with Crippen molar-refractivity contribution in [1.29, 1.82) is 0 Å². The van der Waals surface area contributed by atoms with E-state index >= 15 is 0 Å². The third kappa shape index (κ3) is 7.97. The van der Waals surface area contributed by atoms with Crippen LogP contribution in [0.5, 0.6) is 0 Å². The van der Waals surface area contributed by atoms with Crippen LogP contribution in [-0.4, -0.2) is 43.7 Å². The van der Waals surface area contributed by atoms with Gasteiger partial charge in [0, 0.05) is 19.6 Å². The lowest BCUT2D eigenvalue weighted by Crippen LogP contribution is -2.45. The second-order valence-electron chi connectivity index (χ2n) is 5.90. The molecule has 0 saturated carbocycles. The van der Waals surface area contributed by atoms with Gasteiger partial charge >= 0.3 is 0 Å². The van der Waals surface area contributed by atoms with Crippen LogP contribution in [0.25, 0.3) is 0 Å². The largest absolute Gasteiger partial charge is 0.378 e. The monoisotopic (exact) mass is 383 g/mol. The normalized spacial score (nSPS) is 17.2. The van der Waals surface area contributed by atoms with Crippen LogP contribution in [0, 0.1) is 5.41 Å².